The molecule has 108 valence electrons. The molecule has 0 saturated carbocycles. The van der Waals surface area contributed by atoms with Crippen LogP contribution in [0.1, 0.15) is 23.2 Å². The Labute approximate surface area is 126 Å². The number of amides is 1. The van der Waals surface area contributed by atoms with E-state index in [0.29, 0.717) is 24.9 Å². The van der Waals surface area contributed by atoms with Crippen LogP contribution in [0.4, 0.5) is 5.69 Å². The van der Waals surface area contributed by atoms with Gasteiger partial charge in [0.15, 0.2) is 0 Å². The molecule has 3 N–H and O–H groups in total. The summed E-state index contributed by atoms with van der Waals surface area (Å²) in [7, 11) is 0. The van der Waals surface area contributed by atoms with Gasteiger partial charge in [-0.15, -0.1) is 0 Å². The Balaban J connectivity index is 2.21. The van der Waals surface area contributed by atoms with Gasteiger partial charge in [0, 0.05) is 18.7 Å². The van der Waals surface area contributed by atoms with Gasteiger partial charge in [0.2, 0.25) is 0 Å². The van der Waals surface area contributed by atoms with Gasteiger partial charge in [-0.05, 0) is 25.0 Å². The number of carbonyl (C=O) groups excluding carboxylic acids is 1. The number of nitrogens with zero attached hydrogens (tertiary/aromatic N) is 1. The third-order valence-corrected chi connectivity index (χ3v) is 4.01. The van der Waals surface area contributed by atoms with Crippen molar-refractivity contribution >= 4 is 40.8 Å². The molecular weight excluding hydrogens is 303 g/mol. The number of halogens is 2. The third-order valence-electron chi connectivity index (χ3n) is 3.38. The lowest BCUT2D eigenvalue weighted by atomic mass is 9.97. The first-order chi connectivity index (χ1) is 9.40. The standard InChI is InChI=1S/C13H14Cl2N2O3/c14-9-4-8(5-10(15)11(9)16)12(18)17-3-1-2-7(6-17)13(19)20/h4-5,7H,1-3,6,16H2,(H,19,20)/t7-/m0/s1. The monoisotopic (exact) mass is 316 g/mol. The van der Waals surface area contributed by atoms with Crippen LogP contribution in [-0.2, 0) is 4.79 Å². The van der Waals surface area contributed by atoms with Crippen LogP contribution in [-0.4, -0.2) is 35.0 Å². The van der Waals surface area contributed by atoms with Gasteiger partial charge >= 0.3 is 5.97 Å². The predicted octanol–water partition coefficient (Wildman–Crippen LogP) is 2.51. The number of likely N-dealkylation sites (tertiary alicyclic amines) is 1. The van der Waals surface area contributed by atoms with E-state index in [0.717, 1.165) is 0 Å². The van der Waals surface area contributed by atoms with Gasteiger partial charge in [-0.25, -0.2) is 0 Å². The van der Waals surface area contributed by atoms with E-state index in [2.05, 4.69) is 0 Å². The second-order valence-corrected chi connectivity index (χ2v) is 5.60. The molecule has 1 fully saturated rings. The van der Waals surface area contributed by atoms with Gasteiger partial charge in [0.25, 0.3) is 5.91 Å². The van der Waals surface area contributed by atoms with Crippen LogP contribution < -0.4 is 5.73 Å². The molecule has 2 rings (SSSR count). The lowest BCUT2D eigenvalue weighted by Gasteiger charge is -2.30. The van der Waals surface area contributed by atoms with Gasteiger partial charge in [-0.2, -0.15) is 0 Å². The minimum atomic E-state index is -0.879. The summed E-state index contributed by atoms with van der Waals surface area (Å²) in [6.45, 7) is 0.732. The van der Waals surface area contributed by atoms with Gasteiger partial charge in [0.05, 0.1) is 21.7 Å². The van der Waals surface area contributed by atoms with E-state index in [9.17, 15) is 9.59 Å². The quantitative estimate of drug-likeness (QED) is 0.821. The molecule has 1 aliphatic heterocycles. The first kappa shape index (κ1) is 14.9. The summed E-state index contributed by atoms with van der Waals surface area (Å²) < 4.78 is 0. The molecule has 0 bridgehead atoms. The summed E-state index contributed by atoms with van der Waals surface area (Å²) in [5.74, 6) is -1.68. The summed E-state index contributed by atoms with van der Waals surface area (Å²) in [5.41, 5.74) is 6.17. The van der Waals surface area contributed by atoms with Crippen LogP contribution in [0, 0.1) is 5.92 Å². The zero-order chi connectivity index (χ0) is 14.9. The average Bonchev–Trinajstić information content (AvgIpc) is 2.43. The molecule has 1 atom stereocenters. The topological polar surface area (TPSA) is 83.6 Å². The molecule has 1 aliphatic rings. The van der Waals surface area contributed by atoms with Crippen molar-refractivity contribution in [2.24, 2.45) is 5.92 Å². The van der Waals surface area contributed by atoms with E-state index in [1.807, 2.05) is 0 Å². The van der Waals surface area contributed by atoms with Crippen molar-refractivity contribution in [3.63, 3.8) is 0 Å². The number of benzene rings is 1. The Morgan fingerprint density at radius 3 is 2.45 bits per heavy atom. The van der Waals surface area contributed by atoms with Crippen LogP contribution >= 0.6 is 23.2 Å². The number of carboxylic acid groups (broad SMARTS) is 1. The molecule has 1 amide bonds. The smallest absolute Gasteiger partial charge is 0.308 e. The molecule has 20 heavy (non-hydrogen) atoms. The zero-order valence-corrected chi connectivity index (χ0v) is 12.1. The number of nitrogens with two attached hydrogens (primary N) is 1. The highest BCUT2D eigenvalue weighted by atomic mass is 35.5. The highest BCUT2D eigenvalue weighted by Crippen LogP contribution is 2.30. The number of carboxylic acids is 1. The number of piperidine rings is 1. The zero-order valence-electron chi connectivity index (χ0n) is 10.6. The number of hydrogen-bond donors (Lipinski definition) is 2. The summed E-state index contributed by atoms with van der Waals surface area (Å²) in [6.07, 6.45) is 1.25. The average molecular weight is 317 g/mol. The highest BCUT2D eigenvalue weighted by Gasteiger charge is 2.29. The van der Waals surface area contributed by atoms with E-state index in [1.165, 1.54) is 17.0 Å². The molecule has 1 saturated heterocycles. The lowest BCUT2D eigenvalue weighted by Crippen LogP contribution is -2.42. The van der Waals surface area contributed by atoms with Gasteiger partial charge < -0.3 is 15.7 Å². The van der Waals surface area contributed by atoms with Crippen molar-refractivity contribution in [1.29, 1.82) is 0 Å². The third kappa shape index (κ3) is 2.99. The lowest BCUT2D eigenvalue weighted by molar-refractivity contribution is -0.143. The number of carbonyl (C=O) groups is 2. The van der Waals surface area contributed by atoms with Crippen molar-refractivity contribution in [2.45, 2.75) is 12.8 Å². The fraction of sp³-hybridized carbons (Fsp3) is 0.385. The number of nitrogen functional groups attached to an aromatic ring is 1. The second-order valence-electron chi connectivity index (χ2n) is 4.78. The molecule has 0 radical (unpaired) electrons. The Hall–Kier alpha value is -1.46. The molecule has 0 spiro atoms. The van der Waals surface area contributed by atoms with Gasteiger partial charge in [-0.3, -0.25) is 9.59 Å². The number of rotatable bonds is 2. The van der Waals surface area contributed by atoms with Crippen molar-refractivity contribution < 1.29 is 14.7 Å². The number of aliphatic carboxylic acids is 1. The molecule has 0 aromatic heterocycles. The van der Waals surface area contributed by atoms with E-state index in [4.69, 9.17) is 34.0 Å². The molecule has 0 unspecified atom stereocenters. The molecule has 7 heteroatoms. The Morgan fingerprint density at radius 2 is 1.90 bits per heavy atom. The Kier molecular flexibility index (Phi) is 4.40. The SMILES string of the molecule is Nc1c(Cl)cc(C(=O)N2CCC[C@H](C(=O)O)C2)cc1Cl. The molecule has 1 heterocycles. The summed E-state index contributed by atoms with van der Waals surface area (Å²) >= 11 is 11.8. The summed E-state index contributed by atoms with van der Waals surface area (Å²) in [4.78, 5) is 24.9. The fourth-order valence-electron chi connectivity index (χ4n) is 2.25. The Morgan fingerprint density at radius 1 is 1.30 bits per heavy atom. The second kappa shape index (κ2) is 5.89. The van der Waals surface area contributed by atoms with Crippen molar-refractivity contribution in [2.75, 3.05) is 18.8 Å². The summed E-state index contributed by atoms with van der Waals surface area (Å²) in [5, 5.41) is 9.47. The molecule has 1 aromatic carbocycles. The van der Waals surface area contributed by atoms with E-state index in [1.54, 1.807) is 0 Å². The summed E-state index contributed by atoms with van der Waals surface area (Å²) in [6, 6.07) is 2.91. The minimum absolute atomic E-state index is 0.202. The van der Waals surface area contributed by atoms with Gasteiger partial charge in [-0.1, -0.05) is 23.2 Å². The van der Waals surface area contributed by atoms with E-state index < -0.39 is 11.9 Å². The van der Waals surface area contributed by atoms with Crippen molar-refractivity contribution in [3.8, 4) is 0 Å². The number of anilines is 1. The van der Waals surface area contributed by atoms with Crippen LogP contribution in [0.25, 0.3) is 0 Å². The van der Waals surface area contributed by atoms with E-state index >= 15 is 0 Å². The normalized spacial score (nSPS) is 18.9. The van der Waals surface area contributed by atoms with Crippen molar-refractivity contribution in [1.82, 2.24) is 4.90 Å². The maximum Gasteiger partial charge on any atom is 0.308 e. The largest absolute Gasteiger partial charge is 0.481 e. The molecule has 0 aliphatic carbocycles. The van der Waals surface area contributed by atoms with Crippen LogP contribution in [0.3, 0.4) is 0 Å². The molecule has 5 nitrogen and oxygen atoms in total. The first-order valence-corrected chi connectivity index (χ1v) is 6.92. The molecular formula is C13H14Cl2N2O3. The number of hydrogen-bond acceptors (Lipinski definition) is 3. The van der Waals surface area contributed by atoms with Crippen LogP contribution in [0.15, 0.2) is 12.1 Å². The fourth-order valence-corrected chi connectivity index (χ4v) is 2.74. The Bertz CT molecular complexity index is 540. The van der Waals surface area contributed by atoms with E-state index in [-0.39, 0.29) is 28.2 Å². The van der Waals surface area contributed by atoms with Gasteiger partial charge in [0.1, 0.15) is 0 Å². The predicted molar refractivity (Wildman–Crippen MR) is 77.1 cm³/mol. The maximum absolute atomic E-state index is 12.4. The first-order valence-electron chi connectivity index (χ1n) is 6.16. The highest BCUT2D eigenvalue weighted by molar-refractivity contribution is 6.39. The minimum Gasteiger partial charge on any atom is -0.481 e. The van der Waals surface area contributed by atoms with Crippen LogP contribution in [0.2, 0.25) is 10.0 Å². The molecule has 1 aromatic rings. The van der Waals surface area contributed by atoms with Crippen LogP contribution in [0.5, 0.6) is 0 Å². The maximum atomic E-state index is 12.4. The van der Waals surface area contributed by atoms with Crippen molar-refractivity contribution in [3.05, 3.63) is 27.7 Å².